The minimum atomic E-state index is 0.161. The molecule has 0 saturated heterocycles. The first-order valence-electron chi connectivity index (χ1n) is 4.91. The molecule has 0 heterocycles. The van der Waals surface area contributed by atoms with E-state index in [9.17, 15) is 4.79 Å². The number of amides is 1. The molecule has 0 atom stereocenters. The maximum Gasteiger partial charge on any atom is 0.296 e. The molecule has 0 aromatic carbocycles. The van der Waals surface area contributed by atoms with E-state index in [0.717, 1.165) is 26.2 Å². The van der Waals surface area contributed by atoms with Gasteiger partial charge in [-0.1, -0.05) is 13.8 Å². The average molecular weight is 204 g/mol. The summed E-state index contributed by atoms with van der Waals surface area (Å²) in [6, 6.07) is 0. The molecule has 78 valence electrons. The molecular formula is C9H20N2OS. The van der Waals surface area contributed by atoms with Gasteiger partial charge in [-0.15, -0.1) is 0 Å². The highest BCUT2D eigenvalue weighted by atomic mass is 32.2. The third-order valence-electron chi connectivity index (χ3n) is 1.93. The molecule has 0 aliphatic carbocycles. The number of hydrogen-bond donors (Lipinski definition) is 0. The molecule has 4 heteroatoms. The highest BCUT2D eigenvalue weighted by molar-refractivity contribution is 8.11. The van der Waals surface area contributed by atoms with Gasteiger partial charge < -0.3 is 4.90 Å². The third-order valence-corrected chi connectivity index (χ3v) is 3.12. The van der Waals surface area contributed by atoms with E-state index in [4.69, 9.17) is 0 Å². The Labute approximate surface area is 85.6 Å². The summed E-state index contributed by atoms with van der Waals surface area (Å²) in [4.78, 5) is 13.4. The first-order chi connectivity index (χ1) is 6.19. The molecule has 0 aliphatic heterocycles. The molecule has 0 fully saturated rings. The predicted molar refractivity (Wildman–Crippen MR) is 58.8 cm³/mol. The fourth-order valence-corrected chi connectivity index (χ4v) is 1.86. The number of hydrogen-bond acceptors (Lipinski definition) is 3. The van der Waals surface area contributed by atoms with Crippen molar-refractivity contribution < 1.29 is 4.79 Å². The van der Waals surface area contributed by atoms with Crippen LogP contribution in [0.4, 0.5) is 4.79 Å². The van der Waals surface area contributed by atoms with Crippen LogP contribution in [-0.2, 0) is 0 Å². The summed E-state index contributed by atoms with van der Waals surface area (Å²) in [5.41, 5.74) is 0. The summed E-state index contributed by atoms with van der Waals surface area (Å²) in [7, 11) is 0. The first kappa shape index (κ1) is 12.8. The zero-order chi connectivity index (χ0) is 10.3. The Morgan fingerprint density at radius 1 is 1.00 bits per heavy atom. The van der Waals surface area contributed by atoms with Crippen LogP contribution >= 0.6 is 11.9 Å². The summed E-state index contributed by atoms with van der Waals surface area (Å²) < 4.78 is 2.06. The van der Waals surface area contributed by atoms with Crippen LogP contribution in [0.25, 0.3) is 0 Å². The summed E-state index contributed by atoms with van der Waals surface area (Å²) in [6.07, 6.45) is 0. The third kappa shape index (κ3) is 4.52. The van der Waals surface area contributed by atoms with Gasteiger partial charge in [-0.05, 0) is 13.8 Å². The fourth-order valence-electron chi connectivity index (χ4n) is 1.00. The van der Waals surface area contributed by atoms with Gasteiger partial charge >= 0.3 is 0 Å². The average Bonchev–Trinajstić information content (AvgIpc) is 2.16. The summed E-state index contributed by atoms with van der Waals surface area (Å²) in [6.45, 7) is 11.5. The van der Waals surface area contributed by atoms with E-state index in [-0.39, 0.29) is 5.24 Å². The topological polar surface area (TPSA) is 23.6 Å². The van der Waals surface area contributed by atoms with Crippen molar-refractivity contribution >= 4 is 17.2 Å². The molecule has 0 aromatic rings. The molecule has 13 heavy (non-hydrogen) atoms. The molecule has 0 unspecified atom stereocenters. The van der Waals surface area contributed by atoms with Gasteiger partial charge in [-0.3, -0.25) is 4.79 Å². The van der Waals surface area contributed by atoms with Gasteiger partial charge in [-0.25, -0.2) is 4.31 Å². The van der Waals surface area contributed by atoms with Crippen molar-refractivity contribution in [2.45, 2.75) is 27.7 Å². The standard InChI is InChI=1S/C9H20N2OS/c1-5-10(6-2)9(12)13-11(7-3)8-4/h5-8H2,1-4H3. The van der Waals surface area contributed by atoms with Gasteiger partial charge in [0.15, 0.2) is 0 Å². The molecular weight excluding hydrogens is 184 g/mol. The van der Waals surface area contributed by atoms with E-state index in [1.165, 1.54) is 11.9 Å². The van der Waals surface area contributed by atoms with Gasteiger partial charge in [0.25, 0.3) is 5.24 Å². The molecule has 0 N–H and O–H groups in total. The second-order valence-corrected chi connectivity index (χ2v) is 3.69. The van der Waals surface area contributed by atoms with Gasteiger partial charge in [0.2, 0.25) is 0 Å². The Bertz CT molecular complexity index is 145. The van der Waals surface area contributed by atoms with Crippen molar-refractivity contribution in [3.8, 4) is 0 Å². The van der Waals surface area contributed by atoms with Crippen LogP contribution in [0, 0.1) is 0 Å². The van der Waals surface area contributed by atoms with Crippen molar-refractivity contribution in [1.82, 2.24) is 9.21 Å². The molecule has 0 aliphatic rings. The van der Waals surface area contributed by atoms with Crippen molar-refractivity contribution in [2.75, 3.05) is 26.2 Å². The molecule has 0 rings (SSSR count). The number of carbonyl (C=O) groups is 1. The van der Waals surface area contributed by atoms with E-state index >= 15 is 0 Å². The Balaban J connectivity index is 3.95. The normalized spacial score (nSPS) is 10.5. The lowest BCUT2D eigenvalue weighted by Gasteiger charge is -2.22. The Kier molecular flexibility index (Phi) is 7.09. The second-order valence-electron chi connectivity index (χ2n) is 2.64. The predicted octanol–water partition coefficient (Wildman–Crippen LogP) is 2.44. The maximum absolute atomic E-state index is 11.6. The molecule has 3 nitrogen and oxygen atoms in total. The molecule has 0 radical (unpaired) electrons. The minimum Gasteiger partial charge on any atom is -0.333 e. The van der Waals surface area contributed by atoms with Crippen molar-refractivity contribution in [3.05, 3.63) is 0 Å². The number of nitrogens with zero attached hydrogens (tertiary/aromatic N) is 2. The van der Waals surface area contributed by atoms with Crippen LogP contribution in [0.15, 0.2) is 0 Å². The molecule has 0 bridgehead atoms. The highest BCUT2D eigenvalue weighted by Crippen LogP contribution is 2.13. The minimum absolute atomic E-state index is 0.161. The van der Waals surface area contributed by atoms with Crippen LogP contribution in [0.2, 0.25) is 0 Å². The zero-order valence-electron chi connectivity index (χ0n) is 9.04. The maximum atomic E-state index is 11.6. The Morgan fingerprint density at radius 2 is 1.46 bits per heavy atom. The van der Waals surface area contributed by atoms with Crippen molar-refractivity contribution in [1.29, 1.82) is 0 Å². The van der Waals surface area contributed by atoms with E-state index < -0.39 is 0 Å². The lowest BCUT2D eigenvalue weighted by Crippen LogP contribution is -2.30. The molecule has 0 saturated carbocycles. The zero-order valence-corrected chi connectivity index (χ0v) is 9.86. The Hall–Kier alpha value is -0.220. The van der Waals surface area contributed by atoms with E-state index in [2.05, 4.69) is 18.2 Å². The highest BCUT2D eigenvalue weighted by Gasteiger charge is 2.13. The van der Waals surface area contributed by atoms with Gasteiger partial charge in [0.1, 0.15) is 0 Å². The summed E-state index contributed by atoms with van der Waals surface area (Å²) in [5.74, 6) is 0. The largest absolute Gasteiger partial charge is 0.333 e. The first-order valence-corrected chi connectivity index (χ1v) is 5.68. The van der Waals surface area contributed by atoms with Crippen LogP contribution in [0.5, 0.6) is 0 Å². The smallest absolute Gasteiger partial charge is 0.296 e. The summed E-state index contributed by atoms with van der Waals surface area (Å²) >= 11 is 1.32. The second kappa shape index (κ2) is 7.21. The van der Waals surface area contributed by atoms with Crippen LogP contribution in [0.3, 0.4) is 0 Å². The van der Waals surface area contributed by atoms with E-state index in [1.54, 1.807) is 0 Å². The fraction of sp³-hybridized carbons (Fsp3) is 0.889. The van der Waals surface area contributed by atoms with Crippen molar-refractivity contribution in [2.24, 2.45) is 0 Å². The van der Waals surface area contributed by atoms with Gasteiger partial charge in [0, 0.05) is 38.1 Å². The lowest BCUT2D eigenvalue weighted by atomic mass is 10.6. The summed E-state index contributed by atoms with van der Waals surface area (Å²) in [5, 5.41) is 0.161. The van der Waals surface area contributed by atoms with Crippen LogP contribution in [-0.4, -0.2) is 40.6 Å². The molecule has 1 amide bonds. The van der Waals surface area contributed by atoms with Crippen LogP contribution in [0.1, 0.15) is 27.7 Å². The van der Waals surface area contributed by atoms with E-state index in [1.807, 2.05) is 18.7 Å². The van der Waals surface area contributed by atoms with Crippen molar-refractivity contribution in [3.63, 3.8) is 0 Å². The number of carbonyl (C=O) groups excluding carboxylic acids is 1. The van der Waals surface area contributed by atoms with Gasteiger partial charge in [-0.2, -0.15) is 0 Å². The SMILES string of the molecule is CCN(CC)SC(=O)N(CC)CC. The monoisotopic (exact) mass is 204 g/mol. The van der Waals surface area contributed by atoms with Crippen LogP contribution < -0.4 is 0 Å². The Morgan fingerprint density at radius 3 is 1.77 bits per heavy atom. The van der Waals surface area contributed by atoms with Gasteiger partial charge in [0.05, 0.1) is 0 Å². The molecule has 0 aromatic heterocycles. The lowest BCUT2D eigenvalue weighted by molar-refractivity contribution is 0.227. The quantitative estimate of drug-likeness (QED) is 0.643. The van der Waals surface area contributed by atoms with E-state index in [0.29, 0.717) is 0 Å². The number of rotatable bonds is 5. The molecule has 0 spiro atoms.